The van der Waals surface area contributed by atoms with E-state index in [1.807, 2.05) is 32.0 Å². The number of halogens is 3. The van der Waals surface area contributed by atoms with Crippen molar-refractivity contribution in [1.82, 2.24) is 5.32 Å². The third kappa shape index (κ3) is 6.75. The summed E-state index contributed by atoms with van der Waals surface area (Å²) in [6.45, 7) is 3.30. The van der Waals surface area contributed by atoms with Gasteiger partial charge in [-0.2, -0.15) is 13.2 Å². The van der Waals surface area contributed by atoms with Crippen LogP contribution in [0.25, 0.3) is 0 Å². The SMILES string of the molecule is Cc1ccc(C)c(OCCNC(=O)CN(c2cccc(C(F)(F)F)c2)S(=O)(=O)c2ccccc2)c1. The number of ether oxygens (including phenoxy) is 1. The molecule has 0 aliphatic rings. The van der Waals surface area contributed by atoms with Crippen LogP contribution in [0.15, 0.2) is 77.7 Å². The number of carbonyl (C=O) groups excluding carboxylic acids is 1. The minimum Gasteiger partial charge on any atom is -0.491 e. The van der Waals surface area contributed by atoms with E-state index in [2.05, 4.69) is 5.32 Å². The highest BCUT2D eigenvalue weighted by atomic mass is 32.2. The molecule has 0 spiro atoms. The zero-order valence-electron chi connectivity index (χ0n) is 19.2. The lowest BCUT2D eigenvalue weighted by molar-refractivity contribution is -0.137. The first-order chi connectivity index (χ1) is 16.5. The molecule has 3 rings (SSSR count). The molecule has 1 amide bonds. The fraction of sp³-hybridized carbons (Fsp3) is 0.240. The van der Waals surface area contributed by atoms with E-state index >= 15 is 0 Å². The number of benzene rings is 3. The van der Waals surface area contributed by atoms with Crippen molar-refractivity contribution >= 4 is 21.6 Å². The van der Waals surface area contributed by atoms with Crippen molar-refractivity contribution in [1.29, 1.82) is 0 Å². The van der Waals surface area contributed by atoms with Crippen LogP contribution < -0.4 is 14.4 Å². The van der Waals surface area contributed by atoms with E-state index in [0.717, 1.165) is 23.3 Å². The third-order valence-electron chi connectivity index (χ3n) is 5.11. The number of hydrogen-bond acceptors (Lipinski definition) is 4. The fourth-order valence-corrected chi connectivity index (χ4v) is 4.71. The molecular weight excluding hydrogens is 481 g/mol. The number of nitrogens with one attached hydrogen (secondary N) is 1. The fourth-order valence-electron chi connectivity index (χ4n) is 3.27. The number of hydrogen-bond donors (Lipinski definition) is 1. The van der Waals surface area contributed by atoms with Crippen molar-refractivity contribution in [2.75, 3.05) is 24.0 Å². The molecule has 0 aliphatic heterocycles. The Bertz CT molecular complexity index is 1280. The highest BCUT2D eigenvalue weighted by molar-refractivity contribution is 7.92. The monoisotopic (exact) mass is 506 g/mol. The Hall–Kier alpha value is -3.53. The standard InChI is InChI=1S/C25H25F3N2O4S/c1-18-11-12-19(2)23(15-18)34-14-13-29-24(31)17-30(35(32,33)22-9-4-3-5-10-22)21-8-6-7-20(16-21)25(26,27)28/h3-12,15-16H,13-14,17H2,1-2H3,(H,29,31). The van der Waals surface area contributed by atoms with Gasteiger partial charge < -0.3 is 10.1 Å². The van der Waals surface area contributed by atoms with Gasteiger partial charge in [-0.05, 0) is 61.4 Å². The number of nitrogens with zero attached hydrogens (tertiary/aromatic N) is 1. The van der Waals surface area contributed by atoms with Crippen LogP contribution in [-0.2, 0) is 21.0 Å². The Morgan fingerprint density at radius 2 is 1.69 bits per heavy atom. The Morgan fingerprint density at radius 1 is 0.971 bits per heavy atom. The maximum Gasteiger partial charge on any atom is 0.416 e. The Balaban J connectivity index is 1.77. The lowest BCUT2D eigenvalue weighted by Gasteiger charge is -2.25. The van der Waals surface area contributed by atoms with E-state index in [1.165, 1.54) is 30.3 Å². The summed E-state index contributed by atoms with van der Waals surface area (Å²) in [7, 11) is -4.32. The zero-order chi connectivity index (χ0) is 25.6. The lowest BCUT2D eigenvalue weighted by Crippen LogP contribution is -2.42. The summed E-state index contributed by atoms with van der Waals surface area (Å²) in [6.07, 6.45) is -4.67. The molecule has 0 heterocycles. The van der Waals surface area contributed by atoms with Gasteiger partial charge in [0.25, 0.3) is 10.0 Å². The van der Waals surface area contributed by atoms with E-state index in [1.54, 1.807) is 6.07 Å². The van der Waals surface area contributed by atoms with Crippen molar-refractivity contribution < 1.29 is 31.1 Å². The lowest BCUT2D eigenvalue weighted by atomic mass is 10.1. The van der Waals surface area contributed by atoms with Crippen LogP contribution in [0.4, 0.5) is 18.9 Å². The molecule has 10 heteroatoms. The molecule has 3 aromatic carbocycles. The van der Waals surface area contributed by atoms with Gasteiger partial charge in [0.2, 0.25) is 5.91 Å². The Labute approximate surface area is 202 Å². The van der Waals surface area contributed by atoms with Crippen LogP contribution >= 0.6 is 0 Å². The van der Waals surface area contributed by atoms with Crippen LogP contribution in [-0.4, -0.2) is 34.0 Å². The number of sulfonamides is 1. The van der Waals surface area contributed by atoms with Gasteiger partial charge in [0.05, 0.1) is 22.7 Å². The van der Waals surface area contributed by atoms with Gasteiger partial charge >= 0.3 is 6.18 Å². The number of amides is 1. The smallest absolute Gasteiger partial charge is 0.416 e. The van der Waals surface area contributed by atoms with Crippen molar-refractivity contribution in [3.63, 3.8) is 0 Å². The summed E-state index contributed by atoms with van der Waals surface area (Å²) in [5, 5.41) is 2.56. The van der Waals surface area contributed by atoms with Crippen LogP contribution in [0.3, 0.4) is 0 Å². The van der Waals surface area contributed by atoms with Crippen LogP contribution in [0.2, 0.25) is 0 Å². The number of rotatable bonds is 9. The largest absolute Gasteiger partial charge is 0.491 e. The summed E-state index contributed by atoms with van der Waals surface area (Å²) in [4.78, 5) is 12.5. The molecular formula is C25H25F3N2O4S. The summed E-state index contributed by atoms with van der Waals surface area (Å²) < 4.78 is 72.6. The predicted molar refractivity (Wildman–Crippen MR) is 127 cm³/mol. The molecule has 0 fully saturated rings. The first-order valence-electron chi connectivity index (χ1n) is 10.7. The molecule has 0 aliphatic carbocycles. The van der Waals surface area contributed by atoms with Crippen molar-refractivity contribution in [2.24, 2.45) is 0 Å². The van der Waals surface area contributed by atoms with Gasteiger partial charge in [0, 0.05) is 0 Å². The second-order valence-electron chi connectivity index (χ2n) is 7.84. The molecule has 1 N–H and O–H groups in total. The van der Waals surface area contributed by atoms with Crippen molar-refractivity contribution in [2.45, 2.75) is 24.9 Å². The molecule has 0 saturated heterocycles. The van der Waals surface area contributed by atoms with Crippen molar-refractivity contribution in [3.8, 4) is 5.75 Å². The summed E-state index contributed by atoms with van der Waals surface area (Å²) >= 11 is 0. The van der Waals surface area contributed by atoms with E-state index in [4.69, 9.17) is 4.74 Å². The molecule has 0 unspecified atom stereocenters. The zero-order valence-corrected chi connectivity index (χ0v) is 20.0. The van der Waals surface area contributed by atoms with Crippen molar-refractivity contribution in [3.05, 3.63) is 89.5 Å². The van der Waals surface area contributed by atoms with E-state index < -0.39 is 34.2 Å². The first-order valence-corrected chi connectivity index (χ1v) is 12.1. The van der Waals surface area contributed by atoms with Gasteiger partial charge in [-0.1, -0.05) is 36.4 Å². The molecule has 0 aromatic heterocycles. The molecule has 0 bridgehead atoms. The van der Waals surface area contributed by atoms with Gasteiger partial charge in [0.15, 0.2) is 0 Å². The molecule has 35 heavy (non-hydrogen) atoms. The Morgan fingerprint density at radius 3 is 2.37 bits per heavy atom. The quantitative estimate of drug-likeness (QED) is 0.427. The molecule has 0 atom stereocenters. The topological polar surface area (TPSA) is 75.7 Å². The first kappa shape index (κ1) is 26.1. The minimum absolute atomic E-state index is 0.0774. The summed E-state index contributed by atoms with van der Waals surface area (Å²) in [6, 6.07) is 16.8. The average molecular weight is 507 g/mol. The van der Waals surface area contributed by atoms with E-state index in [-0.39, 0.29) is 23.7 Å². The Kier molecular flexibility index (Phi) is 8.06. The number of anilines is 1. The average Bonchev–Trinajstić information content (AvgIpc) is 2.82. The molecule has 0 radical (unpaired) electrons. The highest BCUT2D eigenvalue weighted by Crippen LogP contribution is 2.33. The van der Waals surface area contributed by atoms with Gasteiger partial charge in [-0.15, -0.1) is 0 Å². The van der Waals surface area contributed by atoms with Gasteiger partial charge in [0.1, 0.15) is 18.9 Å². The molecule has 6 nitrogen and oxygen atoms in total. The number of aryl methyl sites for hydroxylation is 2. The highest BCUT2D eigenvalue weighted by Gasteiger charge is 2.33. The molecule has 0 saturated carbocycles. The second-order valence-corrected chi connectivity index (χ2v) is 9.70. The third-order valence-corrected chi connectivity index (χ3v) is 6.89. The maximum absolute atomic E-state index is 13.3. The van der Waals surface area contributed by atoms with E-state index in [0.29, 0.717) is 16.1 Å². The predicted octanol–water partition coefficient (Wildman–Crippen LogP) is 4.71. The normalized spacial score (nSPS) is 11.7. The second kappa shape index (κ2) is 10.8. The molecule has 3 aromatic rings. The van der Waals surface area contributed by atoms with Gasteiger partial charge in [-0.25, -0.2) is 8.42 Å². The van der Waals surface area contributed by atoms with Crippen LogP contribution in [0.1, 0.15) is 16.7 Å². The minimum atomic E-state index is -4.67. The summed E-state index contributed by atoms with van der Waals surface area (Å²) in [5.41, 5.74) is 0.639. The van der Waals surface area contributed by atoms with E-state index in [9.17, 15) is 26.4 Å². The van der Waals surface area contributed by atoms with Crippen LogP contribution in [0.5, 0.6) is 5.75 Å². The summed E-state index contributed by atoms with van der Waals surface area (Å²) in [5.74, 6) is -0.0250. The number of carbonyl (C=O) groups is 1. The van der Waals surface area contributed by atoms with Crippen LogP contribution in [0, 0.1) is 13.8 Å². The number of alkyl halides is 3. The maximum atomic E-state index is 13.3. The molecule has 186 valence electrons. The van der Waals surface area contributed by atoms with Gasteiger partial charge in [-0.3, -0.25) is 9.10 Å².